The smallest absolute Gasteiger partial charge is 0.387 e. The predicted octanol–water partition coefficient (Wildman–Crippen LogP) is 7.18. The summed E-state index contributed by atoms with van der Waals surface area (Å²) in [7, 11) is 0. The Hall–Kier alpha value is -4.04. The van der Waals surface area contributed by atoms with E-state index in [0.717, 1.165) is 27.1 Å². The van der Waals surface area contributed by atoms with Crippen molar-refractivity contribution in [1.82, 2.24) is 9.97 Å². The second-order valence-corrected chi connectivity index (χ2v) is 8.90. The maximum Gasteiger partial charge on any atom is 0.387 e. The van der Waals surface area contributed by atoms with Gasteiger partial charge in [-0.15, -0.1) is 0 Å². The van der Waals surface area contributed by atoms with E-state index in [1.165, 1.54) is 23.5 Å². The zero-order valence-corrected chi connectivity index (χ0v) is 19.5. The van der Waals surface area contributed by atoms with Crippen molar-refractivity contribution in [1.29, 1.82) is 0 Å². The van der Waals surface area contributed by atoms with Crippen LogP contribution in [0, 0.1) is 6.92 Å². The first-order valence-electron chi connectivity index (χ1n) is 10.9. The lowest BCUT2D eigenvalue weighted by Crippen LogP contribution is -2.13. The maximum absolute atomic E-state index is 12.6. The standard InChI is InChI=1S/C27H21F2N3O2S/c1-16-25(19-6-3-2-4-7-19)35-27(31-16)32-22(18-9-12-20(13-10-18)34-26(28)29)21-14-11-17-8-5-15-30-23(17)24(21)33/h2-15,22,26,33H,1H3,(H,31,32). The first-order valence-corrected chi connectivity index (χ1v) is 11.7. The normalized spacial score (nSPS) is 12.1. The molecule has 0 radical (unpaired) electrons. The van der Waals surface area contributed by atoms with Gasteiger partial charge in [0.1, 0.15) is 17.0 Å². The van der Waals surface area contributed by atoms with Crippen LogP contribution in [0.25, 0.3) is 21.3 Å². The van der Waals surface area contributed by atoms with Crippen LogP contribution < -0.4 is 10.1 Å². The number of thiazole rings is 1. The summed E-state index contributed by atoms with van der Waals surface area (Å²) >= 11 is 1.51. The summed E-state index contributed by atoms with van der Waals surface area (Å²) in [6.07, 6.45) is 1.63. The number of ether oxygens (including phenoxy) is 1. The van der Waals surface area contributed by atoms with Crippen LogP contribution in [0.3, 0.4) is 0 Å². The van der Waals surface area contributed by atoms with Gasteiger partial charge in [0.05, 0.1) is 16.6 Å². The Morgan fingerprint density at radius 3 is 2.46 bits per heavy atom. The Morgan fingerprint density at radius 1 is 0.943 bits per heavy atom. The Bertz CT molecular complexity index is 1460. The van der Waals surface area contributed by atoms with Crippen LogP contribution in [0.1, 0.15) is 22.9 Å². The van der Waals surface area contributed by atoms with E-state index in [-0.39, 0.29) is 11.5 Å². The molecule has 35 heavy (non-hydrogen) atoms. The Kier molecular flexibility index (Phi) is 6.29. The van der Waals surface area contributed by atoms with E-state index < -0.39 is 12.7 Å². The molecule has 5 aromatic rings. The molecule has 2 heterocycles. The summed E-state index contributed by atoms with van der Waals surface area (Å²) in [5.41, 5.74) is 3.76. The van der Waals surface area contributed by atoms with Crippen LogP contribution in [-0.4, -0.2) is 21.7 Å². The molecule has 0 aliphatic rings. The molecule has 3 aromatic carbocycles. The van der Waals surface area contributed by atoms with Crippen LogP contribution in [0.5, 0.6) is 11.5 Å². The summed E-state index contributed by atoms with van der Waals surface area (Å²) in [6.45, 7) is -0.951. The monoisotopic (exact) mass is 489 g/mol. The van der Waals surface area contributed by atoms with Crippen molar-refractivity contribution in [2.24, 2.45) is 0 Å². The van der Waals surface area contributed by atoms with E-state index in [0.29, 0.717) is 16.2 Å². The van der Waals surface area contributed by atoms with E-state index in [1.807, 2.05) is 61.5 Å². The number of aryl methyl sites for hydroxylation is 1. The minimum Gasteiger partial charge on any atom is -0.505 e. The number of fused-ring (bicyclic) bond motifs is 1. The first kappa shape index (κ1) is 22.7. The highest BCUT2D eigenvalue weighted by atomic mass is 32.1. The molecule has 1 unspecified atom stereocenters. The summed E-state index contributed by atoms with van der Waals surface area (Å²) in [4.78, 5) is 10.1. The van der Waals surface area contributed by atoms with Crippen molar-refractivity contribution < 1.29 is 18.6 Å². The molecule has 2 aromatic heterocycles. The van der Waals surface area contributed by atoms with E-state index in [4.69, 9.17) is 4.98 Å². The number of anilines is 1. The molecular weight excluding hydrogens is 468 g/mol. The number of phenolic OH excluding ortho intramolecular Hbond substituents is 1. The Balaban J connectivity index is 1.56. The van der Waals surface area contributed by atoms with Gasteiger partial charge in [0, 0.05) is 17.1 Å². The third-order valence-electron chi connectivity index (χ3n) is 5.63. The average Bonchev–Trinajstić information content (AvgIpc) is 3.24. The number of pyridine rings is 1. The van der Waals surface area contributed by atoms with Crippen LogP contribution >= 0.6 is 11.3 Å². The number of benzene rings is 3. The van der Waals surface area contributed by atoms with Gasteiger partial charge >= 0.3 is 6.61 Å². The third-order valence-corrected chi connectivity index (χ3v) is 6.77. The Labute approximate surface area is 204 Å². The summed E-state index contributed by atoms with van der Waals surface area (Å²) in [5, 5.41) is 16.0. The molecule has 176 valence electrons. The van der Waals surface area contributed by atoms with Crippen molar-refractivity contribution in [2.45, 2.75) is 19.6 Å². The zero-order chi connectivity index (χ0) is 24.4. The highest BCUT2D eigenvalue weighted by molar-refractivity contribution is 7.19. The molecule has 1 atom stereocenters. The molecule has 5 nitrogen and oxygen atoms in total. The van der Waals surface area contributed by atoms with Crippen molar-refractivity contribution in [3.8, 4) is 21.9 Å². The van der Waals surface area contributed by atoms with E-state index in [9.17, 15) is 13.9 Å². The molecule has 0 aliphatic carbocycles. The zero-order valence-electron chi connectivity index (χ0n) is 18.7. The Morgan fingerprint density at radius 2 is 1.71 bits per heavy atom. The van der Waals surface area contributed by atoms with Crippen molar-refractivity contribution in [3.05, 3.63) is 102 Å². The fourth-order valence-corrected chi connectivity index (χ4v) is 5.00. The predicted molar refractivity (Wildman–Crippen MR) is 134 cm³/mol. The average molecular weight is 490 g/mol. The van der Waals surface area contributed by atoms with Crippen molar-refractivity contribution in [2.75, 3.05) is 5.32 Å². The lowest BCUT2D eigenvalue weighted by atomic mass is 9.96. The van der Waals surface area contributed by atoms with Crippen LogP contribution in [0.2, 0.25) is 0 Å². The number of alkyl halides is 2. The molecular formula is C27H21F2N3O2S. The number of phenols is 1. The van der Waals surface area contributed by atoms with E-state index >= 15 is 0 Å². The maximum atomic E-state index is 12.6. The van der Waals surface area contributed by atoms with E-state index in [1.54, 1.807) is 18.3 Å². The molecule has 5 rings (SSSR count). The minimum atomic E-state index is -2.90. The molecule has 8 heteroatoms. The van der Waals surface area contributed by atoms with Crippen molar-refractivity contribution >= 4 is 27.4 Å². The highest BCUT2D eigenvalue weighted by Crippen LogP contribution is 2.39. The number of halogens is 2. The summed E-state index contributed by atoms with van der Waals surface area (Å²) in [6, 6.07) is 23.2. The summed E-state index contributed by atoms with van der Waals surface area (Å²) in [5.74, 6) is 0.105. The number of nitrogens with one attached hydrogen (secondary N) is 1. The van der Waals surface area contributed by atoms with Gasteiger partial charge in [-0.05, 0) is 36.2 Å². The van der Waals surface area contributed by atoms with E-state index in [2.05, 4.69) is 15.0 Å². The van der Waals surface area contributed by atoms with Gasteiger partial charge in [-0.3, -0.25) is 4.98 Å². The largest absolute Gasteiger partial charge is 0.505 e. The lowest BCUT2D eigenvalue weighted by Gasteiger charge is -2.21. The van der Waals surface area contributed by atoms with Crippen LogP contribution in [-0.2, 0) is 0 Å². The van der Waals surface area contributed by atoms with Gasteiger partial charge in [-0.2, -0.15) is 8.78 Å². The topological polar surface area (TPSA) is 67.3 Å². The van der Waals surface area contributed by atoms with Crippen LogP contribution in [0.15, 0.2) is 85.1 Å². The van der Waals surface area contributed by atoms with Gasteiger partial charge in [-0.25, -0.2) is 4.98 Å². The number of rotatable bonds is 7. The number of aromatic hydroxyl groups is 1. The van der Waals surface area contributed by atoms with Crippen molar-refractivity contribution in [3.63, 3.8) is 0 Å². The second-order valence-electron chi connectivity index (χ2n) is 7.90. The highest BCUT2D eigenvalue weighted by Gasteiger charge is 2.22. The van der Waals surface area contributed by atoms with Gasteiger partial charge in [0.15, 0.2) is 5.13 Å². The molecule has 0 saturated heterocycles. The molecule has 0 saturated carbocycles. The van der Waals surface area contributed by atoms with Gasteiger partial charge < -0.3 is 15.2 Å². The molecule has 2 N–H and O–H groups in total. The fraction of sp³-hybridized carbons (Fsp3) is 0.111. The van der Waals surface area contributed by atoms with Gasteiger partial charge in [0.25, 0.3) is 0 Å². The number of aromatic nitrogens is 2. The molecule has 0 fully saturated rings. The number of nitrogens with zero attached hydrogens (tertiary/aromatic N) is 2. The fourth-order valence-electron chi connectivity index (χ4n) is 4.00. The van der Waals surface area contributed by atoms with Gasteiger partial charge in [-0.1, -0.05) is 72.0 Å². The molecule has 0 bridgehead atoms. The number of hydrogen-bond donors (Lipinski definition) is 2. The summed E-state index contributed by atoms with van der Waals surface area (Å²) < 4.78 is 29.8. The second kappa shape index (κ2) is 9.68. The molecule has 0 amide bonds. The first-order chi connectivity index (χ1) is 17.0. The quantitative estimate of drug-likeness (QED) is 0.254. The number of hydrogen-bond acceptors (Lipinski definition) is 6. The van der Waals surface area contributed by atoms with Crippen LogP contribution in [0.4, 0.5) is 13.9 Å². The lowest BCUT2D eigenvalue weighted by molar-refractivity contribution is -0.0498. The SMILES string of the molecule is Cc1nc(NC(c2ccc(OC(F)F)cc2)c2ccc3cccnc3c2O)sc1-c1ccccc1. The third kappa shape index (κ3) is 4.79. The minimum absolute atomic E-state index is 0.0464. The molecule has 0 aliphatic heterocycles. The molecule has 0 spiro atoms. The van der Waals surface area contributed by atoms with Gasteiger partial charge in [0.2, 0.25) is 0 Å².